The molecule has 2 aromatic carbocycles. The molecule has 2 rings (SSSR count). The number of hydrogen-bond donors (Lipinski definition) is 2. The molecule has 0 aliphatic rings. The van der Waals surface area contributed by atoms with Gasteiger partial charge < -0.3 is 10.6 Å². The van der Waals surface area contributed by atoms with Crippen molar-refractivity contribution in [1.82, 2.24) is 0 Å². The van der Waals surface area contributed by atoms with E-state index in [1.165, 1.54) is 0 Å². The van der Waals surface area contributed by atoms with Crippen LogP contribution in [0.1, 0.15) is 12.0 Å². The van der Waals surface area contributed by atoms with Crippen molar-refractivity contribution in [3.8, 4) is 6.07 Å². The van der Waals surface area contributed by atoms with Gasteiger partial charge in [0.15, 0.2) is 0 Å². The first-order valence-electron chi connectivity index (χ1n) is 6.58. The molecule has 0 radical (unpaired) electrons. The van der Waals surface area contributed by atoms with Gasteiger partial charge in [0.2, 0.25) is 5.91 Å². The monoisotopic (exact) mass is 333 g/mol. The van der Waals surface area contributed by atoms with Crippen LogP contribution in [0.15, 0.2) is 42.5 Å². The molecule has 2 aromatic rings. The molecule has 0 aliphatic heterocycles. The molecular formula is C16H13Cl2N3O. The molecular weight excluding hydrogens is 321 g/mol. The summed E-state index contributed by atoms with van der Waals surface area (Å²) in [6.07, 6.45) is 0.239. The summed E-state index contributed by atoms with van der Waals surface area (Å²) in [6, 6.07) is 14.3. The number of halogens is 2. The van der Waals surface area contributed by atoms with E-state index in [4.69, 9.17) is 28.5 Å². The van der Waals surface area contributed by atoms with E-state index in [-0.39, 0.29) is 12.3 Å². The van der Waals surface area contributed by atoms with E-state index >= 15 is 0 Å². The second kappa shape index (κ2) is 7.69. The number of hydrogen-bond acceptors (Lipinski definition) is 3. The van der Waals surface area contributed by atoms with E-state index in [0.717, 1.165) is 0 Å². The standard InChI is InChI=1S/C16H13Cl2N3O/c17-12-5-3-7-14(16(12)18)21-15(22)8-9-20-13-6-2-1-4-11(13)10-19/h1-7,20H,8-9H2,(H,21,22). The van der Waals surface area contributed by atoms with Crippen molar-refractivity contribution in [2.24, 2.45) is 0 Å². The Morgan fingerprint density at radius 3 is 2.59 bits per heavy atom. The third-order valence-corrected chi connectivity index (χ3v) is 3.76. The third kappa shape index (κ3) is 4.14. The summed E-state index contributed by atoms with van der Waals surface area (Å²) < 4.78 is 0. The van der Waals surface area contributed by atoms with Crippen LogP contribution in [0.25, 0.3) is 0 Å². The molecule has 0 saturated carbocycles. The lowest BCUT2D eigenvalue weighted by molar-refractivity contribution is -0.115. The number of nitrogens with zero attached hydrogens (tertiary/aromatic N) is 1. The second-order valence-corrected chi connectivity index (χ2v) is 5.27. The summed E-state index contributed by atoms with van der Waals surface area (Å²) in [4.78, 5) is 11.9. The van der Waals surface area contributed by atoms with Crippen LogP contribution in [0.4, 0.5) is 11.4 Å². The third-order valence-electron chi connectivity index (χ3n) is 2.94. The number of nitrogens with one attached hydrogen (secondary N) is 2. The molecule has 0 aliphatic carbocycles. The Hall–Kier alpha value is -2.22. The van der Waals surface area contributed by atoms with Crippen LogP contribution >= 0.6 is 23.2 Å². The molecule has 2 N–H and O–H groups in total. The first kappa shape index (κ1) is 16.2. The zero-order valence-corrected chi connectivity index (χ0v) is 13.1. The van der Waals surface area contributed by atoms with Crippen molar-refractivity contribution < 1.29 is 4.79 Å². The minimum Gasteiger partial charge on any atom is -0.383 e. The smallest absolute Gasteiger partial charge is 0.226 e. The van der Waals surface area contributed by atoms with Crippen molar-refractivity contribution in [2.75, 3.05) is 17.2 Å². The fourth-order valence-corrected chi connectivity index (χ4v) is 2.21. The quantitative estimate of drug-likeness (QED) is 0.856. The topological polar surface area (TPSA) is 64.9 Å². The van der Waals surface area contributed by atoms with Gasteiger partial charge in [-0.3, -0.25) is 4.79 Å². The van der Waals surface area contributed by atoms with Gasteiger partial charge in [-0.1, -0.05) is 41.4 Å². The maximum atomic E-state index is 11.9. The number of carbonyl (C=O) groups excluding carboxylic acids is 1. The Morgan fingerprint density at radius 1 is 1.09 bits per heavy atom. The van der Waals surface area contributed by atoms with Crippen molar-refractivity contribution in [2.45, 2.75) is 6.42 Å². The van der Waals surface area contributed by atoms with E-state index < -0.39 is 0 Å². The van der Waals surface area contributed by atoms with Gasteiger partial charge in [0, 0.05) is 13.0 Å². The summed E-state index contributed by atoms with van der Waals surface area (Å²) in [6.45, 7) is 0.405. The molecule has 0 aromatic heterocycles. The lowest BCUT2D eigenvalue weighted by Gasteiger charge is -2.10. The number of para-hydroxylation sites is 1. The normalized spacial score (nSPS) is 9.86. The SMILES string of the molecule is N#Cc1ccccc1NCCC(=O)Nc1cccc(Cl)c1Cl. The van der Waals surface area contributed by atoms with E-state index in [0.29, 0.717) is 33.5 Å². The summed E-state index contributed by atoms with van der Waals surface area (Å²) in [5.74, 6) is -0.189. The Labute approximate surface area is 138 Å². The number of benzene rings is 2. The van der Waals surface area contributed by atoms with Gasteiger partial charge in [-0.25, -0.2) is 0 Å². The van der Waals surface area contributed by atoms with Gasteiger partial charge in [0.1, 0.15) is 6.07 Å². The fraction of sp³-hybridized carbons (Fsp3) is 0.125. The first-order chi connectivity index (χ1) is 10.6. The van der Waals surface area contributed by atoms with Gasteiger partial charge in [0.25, 0.3) is 0 Å². The summed E-state index contributed by atoms with van der Waals surface area (Å²) in [5.41, 5.74) is 1.73. The van der Waals surface area contributed by atoms with Gasteiger partial charge in [-0.2, -0.15) is 5.26 Å². The predicted molar refractivity (Wildman–Crippen MR) is 89.4 cm³/mol. The molecule has 6 heteroatoms. The number of carbonyl (C=O) groups is 1. The Balaban J connectivity index is 1.88. The van der Waals surface area contributed by atoms with E-state index in [2.05, 4.69) is 16.7 Å². The van der Waals surface area contributed by atoms with E-state index in [9.17, 15) is 4.79 Å². The average molecular weight is 334 g/mol. The lowest BCUT2D eigenvalue weighted by Crippen LogP contribution is -2.16. The maximum Gasteiger partial charge on any atom is 0.226 e. The van der Waals surface area contributed by atoms with Crippen LogP contribution in [0, 0.1) is 11.3 Å². The molecule has 1 amide bonds. The molecule has 112 valence electrons. The Bertz CT molecular complexity index is 726. The summed E-state index contributed by atoms with van der Waals surface area (Å²) in [7, 11) is 0. The number of rotatable bonds is 5. The minimum atomic E-state index is -0.189. The molecule has 0 atom stereocenters. The first-order valence-corrected chi connectivity index (χ1v) is 7.34. The van der Waals surface area contributed by atoms with Gasteiger partial charge >= 0.3 is 0 Å². The average Bonchev–Trinajstić information content (AvgIpc) is 2.52. The molecule has 0 heterocycles. The van der Waals surface area contributed by atoms with Crippen LogP contribution in [-0.2, 0) is 4.79 Å². The summed E-state index contributed by atoms with van der Waals surface area (Å²) in [5, 5.41) is 15.5. The van der Waals surface area contributed by atoms with Crippen molar-refractivity contribution >= 4 is 40.5 Å². The Kier molecular flexibility index (Phi) is 5.65. The number of amides is 1. The van der Waals surface area contributed by atoms with Crippen LogP contribution in [0.2, 0.25) is 10.0 Å². The zero-order valence-electron chi connectivity index (χ0n) is 11.6. The molecule has 4 nitrogen and oxygen atoms in total. The van der Waals surface area contributed by atoms with Gasteiger partial charge in [-0.15, -0.1) is 0 Å². The Morgan fingerprint density at radius 2 is 1.82 bits per heavy atom. The maximum absolute atomic E-state index is 11.9. The molecule has 0 saturated heterocycles. The largest absolute Gasteiger partial charge is 0.383 e. The number of nitriles is 1. The second-order valence-electron chi connectivity index (χ2n) is 4.48. The zero-order chi connectivity index (χ0) is 15.9. The fourth-order valence-electron chi connectivity index (χ4n) is 1.86. The summed E-state index contributed by atoms with van der Waals surface area (Å²) >= 11 is 11.9. The van der Waals surface area contributed by atoms with E-state index in [1.807, 2.05) is 6.07 Å². The van der Waals surface area contributed by atoms with Crippen LogP contribution in [0.3, 0.4) is 0 Å². The molecule has 0 spiro atoms. The predicted octanol–water partition coefficient (Wildman–Crippen LogP) is 4.31. The van der Waals surface area contributed by atoms with Gasteiger partial charge in [-0.05, 0) is 24.3 Å². The minimum absolute atomic E-state index is 0.189. The highest BCUT2D eigenvalue weighted by molar-refractivity contribution is 6.43. The highest BCUT2D eigenvalue weighted by atomic mass is 35.5. The molecule has 0 bridgehead atoms. The molecule has 0 unspecified atom stereocenters. The lowest BCUT2D eigenvalue weighted by atomic mass is 10.2. The van der Waals surface area contributed by atoms with Crippen molar-refractivity contribution in [1.29, 1.82) is 5.26 Å². The molecule has 22 heavy (non-hydrogen) atoms. The highest BCUT2D eigenvalue weighted by Crippen LogP contribution is 2.29. The van der Waals surface area contributed by atoms with Crippen LogP contribution in [-0.4, -0.2) is 12.5 Å². The number of anilines is 2. The highest BCUT2D eigenvalue weighted by Gasteiger charge is 2.08. The van der Waals surface area contributed by atoms with Gasteiger partial charge in [0.05, 0.1) is 27.0 Å². The molecule has 0 fully saturated rings. The van der Waals surface area contributed by atoms with Crippen molar-refractivity contribution in [3.05, 3.63) is 58.1 Å². The van der Waals surface area contributed by atoms with Crippen LogP contribution in [0.5, 0.6) is 0 Å². The van der Waals surface area contributed by atoms with E-state index in [1.54, 1.807) is 36.4 Å². The van der Waals surface area contributed by atoms with Crippen molar-refractivity contribution in [3.63, 3.8) is 0 Å². The van der Waals surface area contributed by atoms with Crippen LogP contribution < -0.4 is 10.6 Å².